The van der Waals surface area contributed by atoms with E-state index in [-0.39, 0.29) is 30.0 Å². The van der Waals surface area contributed by atoms with Crippen LogP contribution in [0.4, 0.5) is 4.39 Å². The molecule has 0 saturated carbocycles. The molecule has 8 nitrogen and oxygen atoms in total. The van der Waals surface area contributed by atoms with Gasteiger partial charge in [-0.1, -0.05) is 35.9 Å². The average molecular weight is 502 g/mol. The Labute approximate surface area is 206 Å². The van der Waals surface area contributed by atoms with Crippen LogP contribution in [0.15, 0.2) is 48.5 Å². The number of carbonyl (C=O) groups is 3. The zero-order chi connectivity index (χ0) is 25.8. The molecule has 0 aliphatic carbocycles. The van der Waals surface area contributed by atoms with Gasteiger partial charge in [0.2, 0.25) is 0 Å². The molecule has 35 heavy (non-hydrogen) atoms. The van der Waals surface area contributed by atoms with E-state index < -0.39 is 35.8 Å². The molecule has 3 aromatic rings. The molecule has 0 fully saturated rings. The Morgan fingerprint density at radius 3 is 2.43 bits per heavy atom. The Bertz CT molecular complexity index is 1240. The quantitative estimate of drug-likeness (QED) is 0.312. The molecule has 1 aromatic heterocycles. The van der Waals surface area contributed by atoms with Crippen molar-refractivity contribution in [2.45, 2.75) is 32.7 Å². The van der Waals surface area contributed by atoms with Gasteiger partial charge in [0.05, 0.1) is 12.0 Å². The molecule has 10 heteroatoms. The first kappa shape index (κ1) is 26.1. The maximum Gasteiger partial charge on any atom is 0.311 e. The van der Waals surface area contributed by atoms with Crippen LogP contribution in [-0.2, 0) is 11.2 Å². The number of H-pyrrole nitrogens is 1. The lowest BCUT2D eigenvalue weighted by Gasteiger charge is -2.28. The van der Waals surface area contributed by atoms with Crippen molar-refractivity contribution in [1.82, 2.24) is 15.5 Å². The number of amides is 1. The number of Topliss-reactive ketones (excluding diaryl/α,β-unsaturated/α-hetero) is 1. The number of ketones is 1. The van der Waals surface area contributed by atoms with Gasteiger partial charge < -0.3 is 15.5 Å². The minimum Gasteiger partial charge on any atom is -0.481 e. The first-order valence-electron chi connectivity index (χ1n) is 10.8. The van der Waals surface area contributed by atoms with E-state index >= 15 is 0 Å². The van der Waals surface area contributed by atoms with Crippen molar-refractivity contribution < 1.29 is 29.0 Å². The van der Waals surface area contributed by atoms with Crippen molar-refractivity contribution in [1.29, 1.82) is 0 Å². The highest BCUT2D eigenvalue weighted by Crippen LogP contribution is 2.28. The van der Waals surface area contributed by atoms with E-state index in [1.807, 2.05) is 0 Å². The number of carboxylic acid groups (broad SMARTS) is 1. The van der Waals surface area contributed by atoms with Crippen molar-refractivity contribution in [3.05, 3.63) is 76.3 Å². The fraction of sp³-hybridized carbons (Fsp3) is 0.280. The third kappa shape index (κ3) is 6.32. The zero-order valence-electron chi connectivity index (χ0n) is 19.1. The number of aliphatic carboxylic acids is 1. The fourth-order valence-corrected chi connectivity index (χ4v) is 3.81. The monoisotopic (exact) mass is 501 g/mol. The minimum absolute atomic E-state index is 0.0491. The second-order valence-corrected chi connectivity index (χ2v) is 9.08. The normalized spacial score (nSPS) is 13.6. The standard InChI is InChI=1S/C25H25ClFN3O5/c1-14(32)21-11-22(30-29-21)23(33)28-18(12-25(2,13-31)24(34)35)9-15-3-5-16(6-4-15)19-10-17(26)7-8-20(19)27/h3-8,10-11,18,31H,9,12-13H2,1-2H3,(H,28,33)(H,29,30)(H,34,35)/t18-,25+/m1/s1. The molecule has 0 unspecified atom stereocenters. The molecular formula is C25H25ClFN3O5. The summed E-state index contributed by atoms with van der Waals surface area (Å²) in [5, 5.41) is 28.8. The molecule has 3 rings (SSSR count). The predicted octanol–water partition coefficient (Wildman–Crippen LogP) is 3.89. The lowest BCUT2D eigenvalue weighted by Crippen LogP contribution is -2.44. The van der Waals surface area contributed by atoms with Gasteiger partial charge in [0.15, 0.2) is 5.78 Å². The number of aromatic amines is 1. The van der Waals surface area contributed by atoms with Gasteiger partial charge in [-0.25, -0.2) is 4.39 Å². The first-order valence-corrected chi connectivity index (χ1v) is 11.2. The Hall–Kier alpha value is -3.56. The van der Waals surface area contributed by atoms with Gasteiger partial charge in [-0.05, 0) is 55.2 Å². The SMILES string of the molecule is CC(=O)c1cc(C(=O)N[C@H](Cc2ccc(-c3cc(Cl)ccc3F)cc2)C[C@@](C)(CO)C(=O)O)[nH]n1. The lowest BCUT2D eigenvalue weighted by atomic mass is 9.82. The van der Waals surface area contributed by atoms with Crippen LogP contribution in [0.3, 0.4) is 0 Å². The number of benzene rings is 2. The largest absolute Gasteiger partial charge is 0.481 e. The number of hydrogen-bond acceptors (Lipinski definition) is 5. The third-order valence-corrected chi connectivity index (χ3v) is 5.99. The number of nitrogens with zero attached hydrogens (tertiary/aromatic N) is 1. The second kappa shape index (κ2) is 10.8. The van der Waals surface area contributed by atoms with E-state index in [9.17, 15) is 29.0 Å². The number of halogens is 2. The molecule has 0 radical (unpaired) electrons. The molecule has 0 aliphatic rings. The average Bonchev–Trinajstić information content (AvgIpc) is 3.32. The second-order valence-electron chi connectivity index (χ2n) is 8.65. The zero-order valence-corrected chi connectivity index (χ0v) is 19.9. The number of nitrogens with one attached hydrogen (secondary N) is 2. The molecule has 0 aliphatic heterocycles. The van der Waals surface area contributed by atoms with Crippen molar-refractivity contribution >= 4 is 29.3 Å². The number of carboxylic acids is 1. The molecule has 0 saturated heterocycles. The fourth-order valence-electron chi connectivity index (χ4n) is 3.64. The Kier molecular flexibility index (Phi) is 8.03. The Balaban J connectivity index is 1.84. The van der Waals surface area contributed by atoms with Crippen LogP contribution in [0.1, 0.15) is 46.8 Å². The highest BCUT2D eigenvalue weighted by molar-refractivity contribution is 6.30. The first-order chi connectivity index (χ1) is 16.5. The van der Waals surface area contributed by atoms with Crippen molar-refractivity contribution in [2.24, 2.45) is 5.41 Å². The number of aliphatic hydroxyl groups excluding tert-OH is 1. The van der Waals surface area contributed by atoms with Gasteiger partial charge in [0.25, 0.3) is 5.91 Å². The Morgan fingerprint density at radius 2 is 1.86 bits per heavy atom. The topological polar surface area (TPSA) is 132 Å². The highest BCUT2D eigenvalue weighted by Gasteiger charge is 2.36. The number of carbonyl (C=O) groups excluding carboxylic acids is 2. The number of rotatable bonds is 10. The van der Waals surface area contributed by atoms with Crippen LogP contribution in [0, 0.1) is 11.2 Å². The van der Waals surface area contributed by atoms with Crippen LogP contribution < -0.4 is 5.32 Å². The van der Waals surface area contributed by atoms with E-state index in [0.29, 0.717) is 16.1 Å². The van der Waals surface area contributed by atoms with E-state index in [2.05, 4.69) is 15.5 Å². The van der Waals surface area contributed by atoms with Crippen LogP contribution in [0.2, 0.25) is 5.02 Å². The summed E-state index contributed by atoms with van der Waals surface area (Å²) in [5.74, 6) is -2.51. The van der Waals surface area contributed by atoms with E-state index in [0.717, 1.165) is 5.56 Å². The van der Waals surface area contributed by atoms with Crippen LogP contribution in [-0.4, -0.2) is 50.7 Å². The summed E-state index contributed by atoms with van der Waals surface area (Å²) in [6.45, 7) is 2.09. The summed E-state index contributed by atoms with van der Waals surface area (Å²) in [6, 6.07) is 11.8. The molecule has 2 atom stereocenters. The van der Waals surface area contributed by atoms with E-state index in [1.54, 1.807) is 24.3 Å². The summed E-state index contributed by atoms with van der Waals surface area (Å²) in [7, 11) is 0. The van der Waals surface area contributed by atoms with Crippen molar-refractivity contribution in [2.75, 3.05) is 6.61 Å². The van der Waals surface area contributed by atoms with Gasteiger partial charge in [-0.2, -0.15) is 5.10 Å². The summed E-state index contributed by atoms with van der Waals surface area (Å²) in [5.41, 5.74) is 0.346. The van der Waals surface area contributed by atoms with E-state index in [4.69, 9.17) is 11.6 Å². The van der Waals surface area contributed by atoms with Crippen molar-refractivity contribution in [3.8, 4) is 11.1 Å². The summed E-state index contributed by atoms with van der Waals surface area (Å²) in [6.07, 6.45) is 0.170. The van der Waals surface area contributed by atoms with Gasteiger partial charge in [0.1, 0.15) is 17.2 Å². The van der Waals surface area contributed by atoms with Gasteiger partial charge in [-0.15, -0.1) is 0 Å². The number of hydrogen-bond donors (Lipinski definition) is 4. The summed E-state index contributed by atoms with van der Waals surface area (Å²) in [4.78, 5) is 36.0. The van der Waals surface area contributed by atoms with Gasteiger partial charge in [-0.3, -0.25) is 19.5 Å². The minimum atomic E-state index is -1.50. The molecule has 4 N–H and O–H groups in total. The molecule has 2 aromatic carbocycles. The molecule has 184 valence electrons. The predicted molar refractivity (Wildman–Crippen MR) is 128 cm³/mol. The maximum atomic E-state index is 14.2. The number of aliphatic hydroxyl groups is 1. The van der Waals surface area contributed by atoms with E-state index in [1.165, 1.54) is 38.1 Å². The van der Waals surface area contributed by atoms with Crippen LogP contribution >= 0.6 is 11.6 Å². The van der Waals surface area contributed by atoms with Crippen LogP contribution in [0.5, 0.6) is 0 Å². The Morgan fingerprint density at radius 1 is 1.17 bits per heavy atom. The molecule has 1 heterocycles. The van der Waals surface area contributed by atoms with Gasteiger partial charge in [0, 0.05) is 23.6 Å². The number of aromatic nitrogens is 2. The van der Waals surface area contributed by atoms with Crippen LogP contribution in [0.25, 0.3) is 11.1 Å². The summed E-state index contributed by atoms with van der Waals surface area (Å²) < 4.78 is 14.2. The smallest absolute Gasteiger partial charge is 0.311 e. The molecular weight excluding hydrogens is 477 g/mol. The molecule has 0 spiro atoms. The third-order valence-electron chi connectivity index (χ3n) is 5.76. The highest BCUT2D eigenvalue weighted by atomic mass is 35.5. The van der Waals surface area contributed by atoms with Crippen molar-refractivity contribution in [3.63, 3.8) is 0 Å². The summed E-state index contributed by atoms with van der Waals surface area (Å²) >= 11 is 5.98. The van der Waals surface area contributed by atoms with Gasteiger partial charge >= 0.3 is 5.97 Å². The maximum absolute atomic E-state index is 14.2. The lowest BCUT2D eigenvalue weighted by molar-refractivity contribution is -0.151. The molecule has 1 amide bonds. The molecule has 0 bridgehead atoms.